The molecular weight excluding hydrogens is 382 g/mol. The van der Waals surface area contributed by atoms with E-state index < -0.39 is 0 Å². The molecule has 1 N–H and O–H groups in total. The molecule has 1 aliphatic carbocycles. The van der Waals surface area contributed by atoms with Crippen LogP contribution in [-0.4, -0.2) is 15.7 Å². The summed E-state index contributed by atoms with van der Waals surface area (Å²) in [4.78, 5) is 12.7. The van der Waals surface area contributed by atoms with Crippen LogP contribution in [0.3, 0.4) is 0 Å². The monoisotopic (exact) mass is 399 g/mol. The summed E-state index contributed by atoms with van der Waals surface area (Å²) in [5, 5.41) is 7.57. The fourth-order valence-corrected chi connectivity index (χ4v) is 3.65. The number of hydrogen-bond acceptors (Lipinski definition) is 3. The van der Waals surface area contributed by atoms with Crippen LogP contribution in [-0.2, 0) is 19.4 Å². The van der Waals surface area contributed by atoms with E-state index in [9.17, 15) is 4.79 Å². The average molecular weight is 400 g/mol. The van der Waals surface area contributed by atoms with Crippen LogP contribution >= 0.6 is 15.9 Å². The van der Waals surface area contributed by atoms with Crippen molar-refractivity contribution in [2.45, 2.75) is 32.2 Å². The van der Waals surface area contributed by atoms with Crippen molar-refractivity contribution in [2.75, 3.05) is 0 Å². The van der Waals surface area contributed by atoms with Gasteiger partial charge in [-0.2, -0.15) is 5.10 Å². The molecule has 1 amide bonds. The first-order valence-corrected chi connectivity index (χ1v) is 9.19. The van der Waals surface area contributed by atoms with Crippen LogP contribution in [0.5, 0.6) is 0 Å². The van der Waals surface area contributed by atoms with E-state index in [2.05, 4.69) is 26.3 Å². The van der Waals surface area contributed by atoms with Gasteiger partial charge < -0.3 is 9.73 Å². The molecule has 0 radical (unpaired) electrons. The average Bonchev–Trinajstić information content (AvgIpc) is 3.27. The summed E-state index contributed by atoms with van der Waals surface area (Å²) in [6.45, 7) is 0.365. The Morgan fingerprint density at radius 2 is 2.12 bits per heavy atom. The van der Waals surface area contributed by atoms with Crippen LogP contribution < -0.4 is 5.32 Å². The van der Waals surface area contributed by atoms with Gasteiger partial charge in [-0.25, -0.2) is 4.68 Å². The minimum atomic E-state index is -0.150. The van der Waals surface area contributed by atoms with E-state index in [1.165, 1.54) is 0 Å². The van der Waals surface area contributed by atoms with Gasteiger partial charge in [-0.3, -0.25) is 4.79 Å². The normalized spacial score (nSPS) is 13.5. The number of carbonyl (C=O) groups is 1. The molecule has 1 aliphatic rings. The smallest absolute Gasteiger partial charge is 0.272 e. The third-order valence-electron chi connectivity index (χ3n) is 4.45. The molecule has 2 heterocycles. The van der Waals surface area contributed by atoms with Gasteiger partial charge in [-0.1, -0.05) is 22.0 Å². The summed E-state index contributed by atoms with van der Waals surface area (Å²) >= 11 is 3.51. The Labute approximate surface area is 154 Å². The molecule has 0 spiro atoms. The Hall–Kier alpha value is -2.34. The van der Waals surface area contributed by atoms with E-state index in [1.54, 1.807) is 6.26 Å². The number of carbonyl (C=O) groups excluding carboxylic acids is 1. The van der Waals surface area contributed by atoms with Crippen molar-refractivity contribution in [1.82, 2.24) is 15.1 Å². The van der Waals surface area contributed by atoms with Crippen molar-refractivity contribution in [3.05, 3.63) is 69.8 Å². The number of nitrogens with zero attached hydrogens (tertiary/aromatic N) is 2. The van der Waals surface area contributed by atoms with Crippen molar-refractivity contribution < 1.29 is 9.21 Å². The third-order valence-corrected chi connectivity index (χ3v) is 4.94. The van der Waals surface area contributed by atoms with Crippen LogP contribution in [0.2, 0.25) is 0 Å². The van der Waals surface area contributed by atoms with Gasteiger partial charge in [0.2, 0.25) is 0 Å². The maximum Gasteiger partial charge on any atom is 0.272 e. The maximum atomic E-state index is 12.7. The summed E-state index contributed by atoms with van der Waals surface area (Å²) in [7, 11) is 0. The minimum absolute atomic E-state index is 0.150. The Bertz CT molecular complexity index is 900. The summed E-state index contributed by atoms with van der Waals surface area (Å²) in [5.41, 5.74) is 3.72. The summed E-state index contributed by atoms with van der Waals surface area (Å²) in [6, 6.07) is 11.6. The molecule has 0 saturated heterocycles. The van der Waals surface area contributed by atoms with E-state index >= 15 is 0 Å². The molecule has 6 heteroatoms. The van der Waals surface area contributed by atoms with Gasteiger partial charge in [0.05, 0.1) is 18.5 Å². The molecule has 1 aromatic carbocycles. The van der Waals surface area contributed by atoms with Crippen molar-refractivity contribution in [3.63, 3.8) is 0 Å². The van der Waals surface area contributed by atoms with Gasteiger partial charge in [-0.05, 0) is 56.0 Å². The molecular formula is C19H18BrN3O2. The van der Waals surface area contributed by atoms with Gasteiger partial charge in [0.1, 0.15) is 5.76 Å². The van der Waals surface area contributed by atoms with Gasteiger partial charge in [0.15, 0.2) is 5.69 Å². The van der Waals surface area contributed by atoms with Crippen LogP contribution in [0.15, 0.2) is 51.6 Å². The Morgan fingerprint density at radius 1 is 1.24 bits per heavy atom. The highest BCUT2D eigenvalue weighted by molar-refractivity contribution is 9.10. The maximum absolute atomic E-state index is 12.7. The highest BCUT2D eigenvalue weighted by Gasteiger charge is 2.25. The highest BCUT2D eigenvalue weighted by atomic mass is 79.9. The molecule has 2 aromatic heterocycles. The zero-order valence-corrected chi connectivity index (χ0v) is 15.3. The minimum Gasteiger partial charge on any atom is -0.467 e. The van der Waals surface area contributed by atoms with Crippen molar-refractivity contribution >= 4 is 21.8 Å². The number of fused-ring (bicyclic) bond motifs is 1. The fraction of sp³-hybridized carbons (Fsp3) is 0.263. The molecule has 0 bridgehead atoms. The SMILES string of the molecule is O=C(NCc1ccco1)c1nn(-c2cccc(Br)c2)c2c1CCCC2. The lowest BCUT2D eigenvalue weighted by Gasteiger charge is -2.14. The standard InChI is InChI=1S/C19H18BrN3O2/c20-13-5-3-6-14(11-13)23-17-9-2-1-8-16(17)18(22-23)19(24)21-12-15-7-4-10-25-15/h3-7,10-11H,1-2,8-9,12H2,(H,21,24). The molecule has 3 aromatic rings. The lowest BCUT2D eigenvalue weighted by molar-refractivity contribution is 0.0941. The molecule has 4 rings (SSSR count). The lowest BCUT2D eigenvalue weighted by atomic mass is 9.95. The number of amides is 1. The first kappa shape index (κ1) is 16.1. The van der Waals surface area contributed by atoms with E-state index in [0.717, 1.165) is 52.9 Å². The summed E-state index contributed by atoms with van der Waals surface area (Å²) in [6.07, 6.45) is 5.66. The predicted molar refractivity (Wildman–Crippen MR) is 97.8 cm³/mol. The second-order valence-electron chi connectivity index (χ2n) is 6.13. The quantitative estimate of drug-likeness (QED) is 0.719. The number of aromatic nitrogens is 2. The Balaban J connectivity index is 1.67. The largest absolute Gasteiger partial charge is 0.467 e. The molecule has 128 valence electrons. The Kier molecular flexibility index (Phi) is 4.44. The summed E-state index contributed by atoms with van der Waals surface area (Å²) in [5.74, 6) is 0.580. The van der Waals surface area contributed by atoms with Crippen LogP contribution in [0.25, 0.3) is 5.69 Å². The molecule has 0 aliphatic heterocycles. The van der Waals surface area contributed by atoms with Gasteiger partial charge in [0.25, 0.3) is 5.91 Å². The molecule has 5 nitrogen and oxygen atoms in total. The number of hydrogen-bond donors (Lipinski definition) is 1. The van der Waals surface area contributed by atoms with Gasteiger partial charge in [0, 0.05) is 15.7 Å². The van der Waals surface area contributed by atoms with Crippen LogP contribution in [0.1, 0.15) is 40.3 Å². The first-order valence-electron chi connectivity index (χ1n) is 8.39. The fourth-order valence-electron chi connectivity index (χ4n) is 3.27. The lowest BCUT2D eigenvalue weighted by Crippen LogP contribution is -2.24. The van der Waals surface area contributed by atoms with Crippen LogP contribution in [0, 0.1) is 0 Å². The van der Waals surface area contributed by atoms with Crippen LogP contribution in [0.4, 0.5) is 0 Å². The number of halogens is 1. The number of nitrogens with one attached hydrogen (secondary N) is 1. The number of furan rings is 1. The highest BCUT2D eigenvalue weighted by Crippen LogP contribution is 2.28. The molecule has 0 saturated carbocycles. The zero-order valence-electron chi connectivity index (χ0n) is 13.7. The van der Waals surface area contributed by atoms with Gasteiger partial charge in [-0.15, -0.1) is 0 Å². The number of benzene rings is 1. The molecule has 0 unspecified atom stereocenters. The van der Waals surface area contributed by atoms with Crippen molar-refractivity contribution in [2.24, 2.45) is 0 Å². The summed E-state index contributed by atoms with van der Waals surface area (Å²) < 4.78 is 8.19. The Morgan fingerprint density at radius 3 is 2.92 bits per heavy atom. The van der Waals surface area contributed by atoms with E-state index in [0.29, 0.717) is 12.2 Å². The van der Waals surface area contributed by atoms with Crippen molar-refractivity contribution in [1.29, 1.82) is 0 Å². The van der Waals surface area contributed by atoms with Crippen molar-refractivity contribution in [3.8, 4) is 5.69 Å². The van der Waals surface area contributed by atoms with Gasteiger partial charge >= 0.3 is 0 Å². The predicted octanol–water partition coefficient (Wildman–Crippen LogP) is 4.04. The molecule has 0 atom stereocenters. The van der Waals surface area contributed by atoms with E-state index in [-0.39, 0.29) is 5.91 Å². The van der Waals surface area contributed by atoms with E-state index in [4.69, 9.17) is 4.42 Å². The third kappa shape index (κ3) is 3.26. The second-order valence-corrected chi connectivity index (χ2v) is 7.05. The zero-order chi connectivity index (χ0) is 17.2. The topological polar surface area (TPSA) is 60.1 Å². The molecule has 0 fully saturated rings. The first-order chi connectivity index (χ1) is 12.2. The molecule has 25 heavy (non-hydrogen) atoms. The number of rotatable bonds is 4. The van der Waals surface area contributed by atoms with E-state index in [1.807, 2.05) is 41.1 Å². The second kappa shape index (κ2) is 6.88.